The maximum Gasteiger partial charge on any atom is 0.163 e. The lowest BCUT2D eigenvalue weighted by Crippen LogP contribution is -2.05. The molecular formula is C13H7F3IN3. The van der Waals surface area contributed by atoms with Crippen LogP contribution in [0.25, 0.3) is 11.0 Å². The predicted molar refractivity (Wildman–Crippen MR) is 75.7 cm³/mol. The summed E-state index contributed by atoms with van der Waals surface area (Å²) in [5.41, 5.74) is 0.594. The summed E-state index contributed by atoms with van der Waals surface area (Å²) in [6, 6.07) is 5.27. The van der Waals surface area contributed by atoms with Crippen LogP contribution in [-0.4, -0.2) is 14.8 Å². The SMILES string of the molecule is Fc1cnc2c(c1)c(I)nn2Cc1cccc(F)c1F. The Balaban J connectivity index is 2.09. The van der Waals surface area contributed by atoms with Crippen LogP contribution in [0.15, 0.2) is 30.5 Å². The monoisotopic (exact) mass is 389 g/mol. The number of rotatable bonds is 2. The molecule has 0 amide bonds. The van der Waals surface area contributed by atoms with Gasteiger partial charge in [0.05, 0.1) is 18.1 Å². The van der Waals surface area contributed by atoms with E-state index in [1.54, 1.807) is 0 Å². The Bertz CT molecular complexity index is 801. The van der Waals surface area contributed by atoms with Crippen molar-refractivity contribution in [3.05, 3.63) is 57.2 Å². The minimum Gasteiger partial charge on any atom is -0.242 e. The molecule has 1 aromatic carbocycles. The molecule has 3 rings (SSSR count). The lowest BCUT2D eigenvalue weighted by molar-refractivity contribution is 0.492. The van der Waals surface area contributed by atoms with Crippen LogP contribution in [-0.2, 0) is 6.54 Å². The molecule has 3 nitrogen and oxygen atoms in total. The van der Waals surface area contributed by atoms with Gasteiger partial charge < -0.3 is 0 Å². The highest BCUT2D eigenvalue weighted by Crippen LogP contribution is 2.21. The molecule has 20 heavy (non-hydrogen) atoms. The second-order valence-corrected chi connectivity index (χ2v) is 5.21. The van der Waals surface area contributed by atoms with Crippen LogP contribution in [0.1, 0.15) is 5.56 Å². The molecule has 0 atom stereocenters. The van der Waals surface area contributed by atoms with Crippen molar-refractivity contribution in [3.63, 3.8) is 0 Å². The van der Waals surface area contributed by atoms with E-state index in [9.17, 15) is 13.2 Å². The number of pyridine rings is 1. The summed E-state index contributed by atoms with van der Waals surface area (Å²) in [5.74, 6) is -2.28. The third-order valence-electron chi connectivity index (χ3n) is 2.86. The number of hydrogen-bond donors (Lipinski definition) is 0. The van der Waals surface area contributed by atoms with Crippen molar-refractivity contribution >= 4 is 33.6 Å². The second kappa shape index (κ2) is 5.04. The van der Waals surface area contributed by atoms with Crippen molar-refractivity contribution in [2.24, 2.45) is 0 Å². The van der Waals surface area contributed by atoms with Gasteiger partial charge in [0.1, 0.15) is 9.52 Å². The normalized spacial score (nSPS) is 11.2. The summed E-state index contributed by atoms with van der Waals surface area (Å²) in [6.07, 6.45) is 1.07. The van der Waals surface area contributed by atoms with Gasteiger partial charge in [0.2, 0.25) is 0 Å². The summed E-state index contributed by atoms with van der Waals surface area (Å²) >= 11 is 1.95. The van der Waals surface area contributed by atoms with Crippen molar-refractivity contribution in [3.8, 4) is 0 Å². The van der Waals surface area contributed by atoms with E-state index < -0.39 is 17.5 Å². The molecule has 102 valence electrons. The van der Waals surface area contributed by atoms with Gasteiger partial charge in [-0.05, 0) is 34.7 Å². The van der Waals surface area contributed by atoms with Gasteiger partial charge in [0.15, 0.2) is 17.3 Å². The van der Waals surface area contributed by atoms with E-state index in [-0.39, 0.29) is 12.1 Å². The molecule has 0 saturated heterocycles. The molecule has 7 heteroatoms. The van der Waals surface area contributed by atoms with Gasteiger partial charge in [-0.1, -0.05) is 12.1 Å². The number of aromatic nitrogens is 3. The summed E-state index contributed by atoms with van der Waals surface area (Å²) in [5, 5.41) is 4.73. The van der Waals surface area contributed by atoms with Crippen LogP contribution in [0.3, 0.4) is 0 Å². The Labute approximate surface area is 125 Å². The highest BCUT2D eigenvalue weighted by Gasteiger charge is 2.14. The van der Waals surface area contributed by atoms with E-state index in [2.05, 4.69) is 10.1 Å². The fourth-order valence-corrected chi connectivity index (χ4v) is 2.60. The predicted octanol–water partition coefficient (Wildman–Crippen LogP) is 3.50. The third kappa shape index (κ3) is 2.26. The fraction of sp³-hybridized carbons (Fsp3) is 0.0769. The Kier molecular flexibility index (Phi) is 3.36. The highest BCUT2D eigenvalue weighted by molar-refractivity contribution is 14.1. The van der Waals surface area contributed by atoms with E-state index in [0.29, 0.717) is 14.7 Å². The zero-order chi connectivity index (χ0) is 14.3. The average Bonchev–Trinajstić information content (AvgIpc) is 2.71. The van der Waals surface area contributed by atoms with Crippen molar-refractivity contribution in [1.82, 2.24) is 14.8 Å². The average molecular weight is 389 g/mol. The summed E-state index contributed by atoms with van der Waals surface area (Å²) in [7, 11) is 0. The van der Waals surface area contributed by atoms with Crippen molar-refractivity contribution < 1.29 is 13.2 Å². The van der Waals surface area contributed by atoms with E-state index in [4.69, 9.17) is 0 Å². The Morgan fingerprint density at radius 3 is 2.80 bits per heavy atom. The summed E-state index contributed by atoms with van der Waals surface area (Å²) in [4.78, 5) is 3.95. The largest absolute Gasteiger partial charge is 0.242 e. The molecule has 2 heterocycles. The van der Waals surface area contributed by atoms with Crippen molar-refractivity contribution in [2.75, 3.05) is 0 Å². The molecule has 0 spiro atoms. The third-order valence-corrected chi connectivity index (χ3v) is 3.66. The number of nitrogens with zero attached hydrogens (tertiary/aromatic N) is 3. The minimum atomic E-state index is -0.910. The van der Waals surface area contributed by atoms with E-state index in [0.717, 1.165) is 12.3 Å². The molecule has 3 aromatic rings. The fourth-order valence-electron chi connectivity index (χ4n) is 1.94. The van der Waals surface area contributed by atoms with Gasteiger partial charge >= 0.3 is 0 Å². The van der Waals surface area contributed by atoms with E-state index in [1.165, 1.54) is 22.9 Å². The molecule has 0 fully saturated rings. The second-order valence-electron chi connectivity index (χ2n) is 4.19. The molecule has 0 N–H and O–H groups in total. The first-order valence-electron chi connectivity index (χ1n) is 5.66. The van der Waals surface area contributed by atoms with Gasteiger partial charge in [-0.15, -0.1) is 0 Å². The van der Waals surface area contributed by atoms with Gasteiger partial charge in [0.25, 0.3) is 0 Å². The minimum absolute atomic E-state index is 0.0295. The van der Waals surface area contributed by atoms with Gasteiger partial charge in [0, 0.05) is 5.56 Å². The van der Waals surface area contributed by atoms with Gasteiger partial charge in [-0.25, -0.2) is 22.8 Å². The number of fused-ring (bicyclic) bond motifs is 1. The lowest BCUT2D eigenvalue weighted by atomic mass is 10.2. The maximum absolute atomic E-state index is 13.7. The zero-order valence-electron chi connectivity index (χ0n) is 9.95. The first-order chi connectivity index (χ1) is 9.56. The molecule has 2 aromatic heterocycles. The Hall–Kier alpha value is -1.64. The Morgan fingerprint density at radius 2 is 2.00 bits per heavy atom. The van der Waals surface area contributed by atoms with E-state index >= 15 is 0 Å². The standard InChI is InChI=1S/C13H7F3IN3/c14-8-4-9-12(17)19-20(13(9)18-5-8)6-7-2-1-3-10(15)11(7)16/h1-5H,6H2. The maximum atomic E-state index is 13.7. The number of halogens is 4. The first-order valence-corrected chi connectivity index (χ1v) is 6.74. The van der Waals surface area contributed by atoms with E-state index in [1.807, 2.05) is 22.6 Å². The van der Waals surface area contributed by atoms with Crippen LogP contribution in [0, 0.1) is 21.2 Å². The van der Waals surface area contributed by atoms with Crippen LogP contribution < -0.4 is 0 Å². The molecule has 0 aliphatic heterocycles. The lowest BCUT2D eigenvalue weighted by Gasteiger charge is -2.05. The van der Waals surface area contributed by atoms with Crippen LogP contribution in [0.4, 0.5) is 13.2 Å². The first kappa shape index (κ1) is 13.3. The molecular weight excluding hydrogens is 382 g/mol. The van der Waals surface area contributed by atoms with Crippen LogP contribution in [0.5, 0.6) is 0 Å². The number of benzene rings is 1. The molecule has 0 unspecified atom stereocenters. The Morgan fingerprint density at radius 1 is 1.20 bits per heavy atom. The molecule has 0 radical (unpaired) electrons. The summed E-state index contributed by atoms with van der Waals surface area (Å²) < 4.78 is 42.0. The van der Waals surface area contributed by atoms with Crippen molar-refractivity contribution in [1.29, 1.82) is 0 Å². The quantitative estimate of drug-likeness (QED) is 0.629. The molecule has 0 aliphatic carbocycles. The summed E-state index contributed by atoms with van der Waals surface area (Å²) in [6.45, 7) is 0.0295. The molecule has 0 aliphatic rings. The molecule has 0 bridgehead atoms. The van der Waals surface area contributed by atoms with Gasteiger partial charge in [-0.2, -0.15) is 5.10 Å². The number of hydrogen-bond acceptors (Lipinski definition) is 2. The zero-order valence-corrected chi connectivity index (χ0v) is 12.1. The molecule has 0 saturated carbocycles. The van der Waals surface area contributed by atoms with Crippen LogP contribution in [0.2, 0.25) is 0 Å². The van der Waals surface area contributed by atoms with Gasteiger partial charge in [-0.3, -0.25) is 0 Å². The highest BCUT2D eigenvalue weighted by atomic mass is 127. The smallest absolute Gasteiger partial charge is 0.163 e. The topological polar surface area (TPSA) is 30.7 Å². The van der Waals surface area contributed by atoms with Crippen molar-refractivity contribution in [2.45, 2.75) is 6.54 Å². The van der Waals surface area contributed by atoms with Crippen LogP contribution >= 0.6 is 22.6 Å².